The van der Waals surface area contributed by atoms with Gasteiger partial charge in [0.05, 0.1) is 6.10 Å². The van der Waals surface area contributed by atoms with E-state index < -0.39 is 0 Å². The molecule has 1 aliphatic carbocycles. The van der Waals surface area contributed by atoms with Crippen molar-refractivity contribution in [2.24, 2.45) is 5.92 Å². The SMILES string of the molecule is O=C(CCc1ccc2[nH]ccc2c1)NCC1CCCC(O)C1. The summed E-state index contributed by atoms with van der Waals surface area (Å²) in [4.78, 5) is 15.1. The molecule has 3 rings (SSSR count). The smallest absolute Gasteiger partial charge is 0.220 e. The second-order valence-electron chi connectivity index (χ2n) is 6.39. The minimum atomic E-state index is -0.177. The Balaban J connectivity index is 1.43. The summed E-state index contributed by atoms with van der Waals surface area (Å²) in [7, 11) is 0. The van der Waals surface area contributed by atoms with Crippen molar-refractivity contribution >= 4 is 16.8 Å². The molecular formula is C18H24N2O2. The van der Waals surface area contributed by atoms with Crippen LogP contribution in [0.2, 0.25) is 0 Å². The van der Waals surface area contributed by atoms with Gasteiger partial charge in [0, 0.05) is 24.7 Å². The van der Waals surface area contributed by atoms with Gasteiger partial charge >= 0.3 is 0 Å². The Bertz CT molecular complexity index is 635. The highest BCUT2D eigenvalue weighted by Crippen LogP contribution is 2.23. The number of aliphatic hydroxyl groups is 1. The molecule has 0 spiro atoms. The number of carbonyl (C=O) groups is 1. The molecule has 22 heavy (non-hydrogen) atoms. The van der Waals surface area contributed by atoms with Gasteiger partial charge in [-0.3, -0.25) is 4.79 Å². The molecule has 0 saturated heterocycles. The monoisotopic (exact) mass is 300 g/mol. The van der Waals surface area contributed by atoms with E-state index in [2.05, 4.69) is 28.5 Å². The zero-order valence-electron chi connectivity index (χ0n) is 12.8. The number of H-pyrrole nitrogens is 1. The molecular weight excluding hydrogens is 276 g/mol. The van der Waals surface area contributed by atoms with Crippen LogP contribution in [0.5, 0.6) is 0 Å². The van der Waals surface area contributed by atoms with E-state index >= 15 is 0 Å². The Hall–Kier alpha value is -1.81. The largest absolute Gasteiger partial charge is 0.393 e. The molecule has 3 N–H and O–H groups in total. The second kappa shape index (κ2) is 6.97. The van der Waals surface area contributed by atoms with Crippen LogP contribution in [-0.4, -0.2) is 28.6 Å². The Labute approximate surface area is 130 Å². The Morgan fingerprint density at radius 1 is 1.32 bits per heavy atom. The maximum atomic E-state index is 12.0. The summed E-state index contributed by atoms with van der Waals surface area (Å²) in [5.41, 5.74) is 2.32. The third-order valence-electron chi connectivity index (χ3n) is 4.60. The van der Waals surface area contributed by atoms with Gasteiger partial charge in [-0.25, -0.2) is 0 Å². The van der Waals surface area contributed by atoms with Gasteiger partial charge < -0.3 is 15.4 Å². The van der Waals surface area contributed by atoms with E-state index in [1.807, 2.05) is 12.3 Å². The molecule has 1 fully saturated rings. The fourth-order valence-corrected chi connectivity index (χ4v) is 3.31. The number of aliphatic hydroxyl groups excluding tert-OH is 1. The average molecular weight is 300 g/mol. The molecule has 0 radical (unpaired) electrons. The molecule has 0 aliphatic heterocycles. The molecule has 2 atom stereocenters. The van der Waals surface area contributed by atoms with Crippen LogP contribution >= 0.6 is 0 Å². The van der Waals surface area contributed by atoms with Crippen LogP contribution in [0.4, 0.5) is 0 Å². The van der Waals surface area contributed by atoms with Crippen molar-refractivity contribution in [1.82, 2.24) is 10.3 Å². The van der Waals surface area contributed by atoms with Crippen molar-refractivity contribution in [3.8, 4) is 0 Å². The molecule has 1 saturated carbocycles. The summed E-state index contributed by atoms with van der Waals surface area (Å²) < 4.78 is 0. The first-order chi connectivity index (χ1) is 10.7. The van der Waals surface area contributed by atoms with Crippen molar-refractivity contribution in [1.29, 1.82) is 0 Å². The van der Waals surface area contributed by atoms with E-state index in [9.17, 15) is 9.90 Å². The summed E-state index contributed by atoms with van der Waals surface area (Å²) in [5, 5.41) is 13.9. The van der Waals surface area contributed by atoms with Crippen LogP contribution in [0.1, 0.15) is 37.7 Å². The van der Waals surface area contributed by atoms with Gasteiger partial charge in [0.25, 0.3) is 0 Å². The molecule has 0 bridgehead atoms. The fourth-order valence-electron chi connectivity index (χ4n) is 3.31. The molecule has 2 aromatic rings. The van der Waals surface area contributed by atoms with E-state index in [0.717, 1.165) is 37.6 Å². The van der Waals surface area contributed by atoms with Crippen molar-refractivity contribution < 1.29 is 9.90 Å². The van der Waals surface area contributed by atoms with E-state index in [0.29, 0.717) is 18.9 Å². The number of carbonyl (C=O) groups excluding carboxylic acids is 1. The first-order valence-corrected chi connectivity index (χ1v) is 8.21. The van der Waals surface area contributed by atoms with Crippen LogP contribution in [0.15, 0.2) is 30.5 Å². The number of benzene rings is 1. The lowest BCUT2D eigenvalue weighted by Crippen LogP contribution is -2.33. The summed E-state index contributed by atoms with van der Waals surface area (Å²) in [6.45, 7) is 0.701. The molecule has 4 heteroatoms. The van der Waals surface area contributed by atoms with Crippen molar-refractivity contribution in [2.75, 3.05) is 6.54 Å². The molecule has 1 amide bonds. The maximum Gasteiger partial charge on any atom is 0.220 e. The van der Waals surface area contributed by atoms with Gasteiger partial charge in [0.2, 0.25) is 5.91 Å². The minimum absolute atomic E-state index is 0.106. The van der Waals surface area contributed by atoms with Gasteiger partial charge in [-0.1, -0.05) is 12.5 Å². The van der Waals surface area contributed by atoms with Crippen molar-refractivity contribution in [3.05, 3.63) is 36.0 Å². The molecule has 4 nitrogen and oxygen atoms in total. The number of rotatable bonds is 5. The average Bonchev–Trinajstić information content (AvgIpc) is 2.98. The summed E-state index contributed by atoms with van der Waals surface area (Å²) in [5.74, 6) is 0.540. The lowest BCUT2D eigenvalue weighted by molar-refractivity contribution is -0.121. The first-order valence-electron chi connectivity index (χ1n) is 8.21. The Kier molecular flexibility index (Phi) is 4.78. The number of aromatic nitrogens is 1. The second-order valence-corrected chi connectivity index (χ2v) is 6.39. The number of aryl methyl sites for hydroxylation is 1. The Morgan fingerprint density at radius 2 is 2.23 bits per heavy atom. The first kappa shape index (κ1) is 15.1. The van der Waals surface area contributed by atoms with E-state index in [1.54, 1.807) is 0 Å². The zero-order valence-corrected chi connectivity index (χ0v) is 12.8. The van der Waals surface area contributed by atoms with Crippen LogP contribution in [0.3, 0.4) is 0 Å². The molecule has 1 aromatic heterocycles. The van der Waals surface area contributed by atoms with Gasteiger partial charge in [0.1, 0.15) is 0 Å². The van der Waals surface area contributed by atoms with Gasteiger partial charge in [-0.05, 0) is 60.7 Å². The van der Waals surface area contributed by atoms with Crippen molar-refractivity contribution in [2.45, 2.75) is 44.6 Å². The molecule has 1 heterocycles. The topological polar surface area (TPSA) is 65.1 Å². The summed E-state index contributed by atoms with van der Waals surface area (Å²) >= 11 is 0. The van der Waals surface area contributed by atoms with Gasteiger partial charge in [-0.15, -0.1) is 0 Å². The highest BCUT2D eigenvalue weighted by molar-refractivity contribution is 5.80. The lowest BCUT2D eigenvalue weighted by atomic mass is 9.87. The standard InChI is InChI=1S/C18H24N2O2/c21-16-3-1-2-14(11-16)12-20-18(22)7-5-13-4-6-17-15(10-13)8-9-19-17/h4,6,8-10,14,16,19,21H,1-3,5,7,11-12H2,(H,20,22). The third-order valence-corrected chi connectivity index (χ3v) is 4.60. The predicted molar refractivity (Wildman–Crippen MR) is 87.6 cm³/mol. The number of fused-ring (bicyclic) bond motifs is 1. The minimum Gasteiger partial charge on any atom is -0.393 e. The highest BCUT2D eigenvalue weighted by Gasteiger charge is 2.20. The predicted octanol–water partition coefficient (Wildman–Crippen LogP) is 2.77. The Morgan fingerprint density at radius 3 is 3.09 bits per heavy atom. The van der Waals surface area contributed by atoms with Crippen LogP contribution in [-0.2, 0) is 11.2 Å². The lowest BCUT2D eigenvalue weighted by Gasteiger charge is -2.25. The van der Waals surface area contributed by atoms with Crippen LogP contribution in [0.25, 0.3) is 10.9 Å². The molecule has 2 unspecified atom stereocenters. The van der Waals surface area contributed by atoms with E-state index in [-0.39, 0.29) is 12.0 Å². The molecule has 118 valence electrons. The summed E-state index contributed by atoms with van der Waals surface area (Å²) in [6.07, 6.45) is 6.95. The number of hydrogen-bond donors (Lipinski definition) is 3. The quantitative estimate of drug-likeness (QED) is 0.795. The number of hydrogen-bond acceptors (Lipinski definition) is 2. The molecule has 1 aliphatic rings. The van der Waals surface area contributed by atoms with E-state index in [1.165, 1.54) is 10.9 Å². The number of aromatic amines is 1. The zero-order chi connectivity index (χ0) is 15.4. The maximum absolute atomic E-state index is 12.0. The third kappa shape index (κ3) is 3.89. The number of amides is 1. The van der Waals surface area contributed by atoms with Crippen LogP contribution in [0, 0.1) is 5.92 Å². The molecule has 1 aromatic carbocycles. The highest BCUT2D eigenvalue weighted by atomic mass is 16.3. The normalized spacial score (nSPS) is 21.9. The van der Waals surface area contributed by atoms with Gasteiger partial charge in [0.15, 0.2) is 0 Å². The van der Waals surface area contributed by atoms with Crippen LogP contribution < -0.4 is 5.32 Å². The summed E-state index contributed by atoms with van der Waals surface area (Å²) in [6, 6.07) is 8.32. The van der Waals surface area contributed by atoms with Gasteiger partial charge in [-0.2, -0.15) is 0 Å². The van der Waals surface area contributed by atoms with Crippen molar-refractivity contribution in [3.63, 3.8) is 0 Å². The fraction of sp³-hybridized carbons (Fsp3) is 0.500. The number of nitrogens with one attached hydrogen (secondary N) is 2. The van der Waals surface area contributed by atoms with E-state index in [4.69, 9.17) is 0 Å².